The van der Waals surface area contributed by atoms with Crippen molar-refractivity contribution in [2.24, 2.45) is 0 Å². The summed E-state index contributed by atoms with van der Waals surface area (Å²) in [5, 5.41) is 9.85. The first-order valence-corrected chi connectivity index (χ1v) is 6.92. The molecule has 2 aromatic rings. The molecule has 0 bridgehead atoms. The van der Waals surface area contributed by atoms with Gasteiger partial charge in [0, 0.05) is 34.8 Å². The molecule has 1 unspecified atom stereocenters. The van der Waals surface area contributed by atoms with E-state index in [4.69, 9.17) is 10.5 Å². The van der Waals surface area contributed by atoms with Crippen LogP contribution in [0.2, 0.25) is 0 Å². The number of nitrogens with two attached hydrogens (primary N) is 1. The smallest absolute Gasteiger partial charge is 0.121 e. The highest BCUT2D eigenvalue weighted by molar-refractivity contribution is 7.99. The van der Waals surface area contributed by atoms with E-state index in [1.54, 1.807) is 36.3 Å². The molecule has 1 atom stereocenters. The van der Waals surface area contributed by atoms with E-state index in [0.717, 1.165) is 4.90 Å². The van der Waals surface area contributed by atoms with Gasteiger partial charge in [0.05, 0.1) is 6.10 Å². The molecule has 5 heteroatoms. The maximum absolute atomic E-state index is 9.85. The zero-order valence-electron chi connectivity index (χ0n) is 10.4. The van der Waals surface area contributed by atoms with E-state index in [1.807, 2.05) is 24.3 Å². The fourth-order valence-corrected chi connectivity index (χ4v) is 2.27. The number of nitrogens with zero attached hydrogens (tertiary/aromatic N) is 1. The Kier molecular flexibility index (Phi) is 5.06. The lowest BCUT2D eigenvalue weighted by molar-refractivity contribution is 0.126. The van der Waals surface area contributed by atoms with Gasteiger partial charge in [-0.1, -0.05) is 6.07 Å². The highest BCUT2D eigenvalue weighted by atomic mass is 32.2. The van der Waals surface area contributed by atoms with Gasteiger partial charge in [-0.05, 0) is 24.3 Å². The zero-order chi connectivity index (χ0) is 13.5. The molecule has 1 heterocycles. The van der Waals surface area contributed by atoms with Gasteiger partial charge in [0.15, 0.2) is 0 Å². The summed E-state index contributed by atoms with van der Waals surface area (Å²) in [7, 11) is 0. The van der Waals surface area contributed by atoms with Crippen LogP contribution in [0.4, 0.5) is 5.69 Å². The Labute approximate surface area is 116 Å². The van der Waals surface area contributed by atoms with Crippen LogP contribution in [0.15, 0.2) is 53.7 Å². The normalized spacial score (nSPS) is 12.1. The van der Waals surface area contributed by atoms with Crippen molar-refractivity contribution < 1.29 is 9.84 Å². The number of benzene rings is 1. The summed E-state index contributed by atoms with van der Waals surface area (Å²) >= 11 is 1.57. The molecule has 0 fully saturated rings. The highest BCUT2D eigenvalue weighted by Gasteiger charge is 2.06. The van der Waals surface area contributed by atoms with Crippen molar-refractivity contribution in [2.45, 2.75) is 11.0 Å². The molecular formula is C14H16N2O2S. The van der Waals surface area contributed by atoms with Crippen molar-refractivity contribution in [3.63, 3.8) is 0 Å². The van der Waals surface area contributed by atoms with Gasteiger partial charge in [0.1, 0.15) is 12.4 Å². The number of anilines is 1. The van der Waals surface area contributed by atoms with E-state index in [9.17, 15) is 5.11 Å². The Morgan fingerprint density at radius 3 is 2.79 bits per heavy atom. The van der Waals surface area contributed by atoms with Crippen LogP contribution >= 0.6 is 11.8 Å². The third kappa shape index (κ3) is 4.81. The molecule has 0 radical (unpaired) electrons. The molecule has 1 aromatic carbocycles. The molecule has 0 spiro atoms. The number of thioether (sulfide) groups is 1. The predicted molar refractivity (Wildman–Crippen MR) is 77.3 cm³/mol. The van der Waals surface area contributed by atoms with E-state index in [1.165, 1.54) is 0 Å². The summed E-state index contributed by atoms with van der Waals surface area (Å²) in [6.07, 6.45) is 2.94. The fourth-order valence-electron chi connectivity index (χ4n) is 1.47. The van der Waals surface area contributed by atoms with E-state index < -0.39 is 6.10 Å². The summed E-state index contributed by atoms with van der Waals surface area (Å²) < 4.78 is 5.48. The number of nitrogen functional groups attached to an aromatic ring is 1. The molecule has 4 nitrogen and oxygen atoms in total. The van der Waals surface area contributed by atoms with Gasteiger partial charge in [-0.25, -0.2) is 0 Å². The average Bonchev–Trinajstić information content (AvgIpc) is 2.44. The second-order valence-corrected chi connectivity index (χ2v) is 5.12. The molecule has 0 aliphatic carbocycles. The molecule has 3 N–H and O–H groups in total. The van der Waals surface area contributed by atoms with Gasteiger partial charge in [0.25, 0.3) is 0 Å². The van der Waals surface area contributed by atoms with E-state index in [2.05, 4.69) is 4.98 Å². The van der Waals surface area contributed by atoms with Crippen molar-refractivity contribution in [3.05, 3.63) is 48.8 Å². The third-order valence-electron chi connectivity index (χ3n) is 2.39. The number of rotatable bonds is 6. The first-order chi connectivity index (χ1) is 9.24. The molecule has 0 saturated carbocycles. The number of aromatic nitrogens is 1. The number of ether oxygens (including phenoxy) is 1. The maximum Gasteiger partial charge on any atom is 0.121 e. The van der Waals surface area contributed by atoms with E-state index in [-0.39, 0.29) is 6.61 Å². The lowest BCUT2D eigenvalue weighted by atomic mass is 10.3. The Bertz CT molecular complexity index is 508. The fraction of sp³-hybridized carbons (Fsp3) is 0.214. The van der Waals surface area contributed by atoms with Gasteiger partial charge < -0.3 is 15.6 Å². The highest BCUT2D eigenvalue weighted by Crippen LogP contribution is 2.18. The number of hydrogen-bond donors (Lipinski definition) is 2. The van der Waals surface area contributed by atoms with E-state index in [0.29, 0.717) is 17.2 Å². The Balaban J connectivity index is 1.74. The topological polar surface area (TPSA) is 68.4 Å². The molecule has 0 saturated heterocycles. The minimum absolute atomic E-state index is 0.252. The molecule has 0 aliphatic rings. The number of pyridine rings is 1. The molecule has 2 rings (SSSR count). The van der Waals surface area contributed by atoms with Crippen molar-refractivity contribution in [1.82, 2.24) is 4.98 Å². The first-order valence-electron chi connectivity index (χ1n) is 5.93. The lowest BCUT2D eigenvalue weighted by Crippen LogP contribution is -2.20. The predicted octanol–water partition coefficient (Wildman–Crippen LogP) is 2.20. The van der Waals surface area contributed by atoms with E-state index >= 15 is 0 Å². The SMILES string of the molecule is Nc1cccc(OCC(O)CSc2ccncc2)c1. The van der Waals surface area contributed by atoms with Crippen LogP contribution in [0, 0.1) is 0 Å². The number of aliphatic hydroxyl groups is 1. The summed E-state index contributed by atoms with van der Waals surface area (Å²) in [6, 6.07) is 11.0. The van der Waals surface area contributed by atoms with Crippen LogP contribution < -0.4 is 10.5 Å². The second-order valence-electron chi connectivity index (χ2n) is 4.03. The van der Waals surface area contributed by atoms with Crippen LogP contribution in [0.25, 0.3) is 0 Å². The second kappa shape index (κ2) is 7.01. The summed E-state index contributed by atoms with van der Waals surface area (Å²) in [5.41, 5.74) is 6.30. The first kappa shape index (κ1) is 13.7. The molecular weight excluding hydrogens is 260 g/mol. The monoisotopic (exact) mass is 276 g/mol. The Morgan fingerprint density at radius 1 is 1.26 bits per heavy atom. The number of hydrogen-bond acceptors (Lipinski definition) is 5. The molecule has 0 amide bonds. The maximum atomic E-state index is 9.85. The largest absolute Gasteiger partial charge is 0.491 e. The minimum Gasteiger partial charge on any atom is -0.491 e. The van der Waals surface area contributed by atoms with Crippen LogP contribution in [0.1, 0.15) is 0 Å². The summed E-state index contributed by atoms with van der Waals surface area (Å²) in [6.45, 7) is 0.252. The quantitative estimate of drug-likeness (QED) is 0.625. The van der Waals surface area contributed by atoms with Gasteiger partial charge in [-0.15, -0.1) is 11.8 Å². The zero-order valence-corrected chi connectivity index (χ0v) is 11.2. The van der Waals surface area contributed by atoms with Crippen LogP contribution in [0.5, 0.6) is 5.75 Å². The van der Waals surface area contributed by atoms with Crippen molar-refractivity contribution in [2.75, 3.05) is 18.1 Å². The van der Waals surface area contributed by atoms with Crippen LogP contribution in [0.3, 0.4) is 0 Å². The molecule has 0 aliphatic heterocycles. The molecule has 100 valence electrons. The molecule has 19 heavy (non-hydrogen) atoms. The van der Waals surface area contributed by atoms with Gasteiger partial charge in [0.2, 0.25) is 0 Å². The van der Waals surface area contributed by atoms with Gasteiger partial charge >= 0.3 is 0 Å². The van der Waals surface area contributed by atoms with Crippen molar-refractivity contribution >= 4 is 17.4 Å². The van der Waals surface area contributed by atoms with Crippen molar-refractivity contribution in [1.29, 1.82) is 0 Å². The average molecular weight is 276 g/mol. The van der Waals surface area contributed by atoms with Crippen LogP contribution in [-0.2, 0) is 0 Å². The van der Waals surface area contributed by atoms with Gasteiger partial charge in [-0.2, -0.15) is 0 Å². The minimum atomic E-state index is -0.528. The number of aliphatic hydroxyl groups excluding tert-OH is 1. The molecule has 1 aromatic heterocycles. The lowest BCUT2D eigenvalue weighted by Gasteiger charge is -2.12. The van der Waals surface area contributed by atoms with Crippen molar-refractivity contribution in [3.8, 4) is 5.75 Å². The third-order valence-corrected chi connectivity index (χ3v) is 3.55. The Morgan fingerprint density at radius 2 is 2.05 bits per heavy atom. The summed E-state index contributed by atoms with van der Waals surface area (Å²) in [5.74, 6) is 1.25. The van der Waals surface area contributed by atoms with Crippen LogP contribution in [-0.4, -0.2) is 28.6 Å². The Hall–Kier alpha value is -1.72. The standard InChI is InChI=1S/C14H16N2O2S/c15-11-2-1-3-13(8-11)18-9-12(17)10-19-14-4-6-16-7-5-14/h1-8,12,17H,9-10,15H2. The summed E-state index contributed by atoms with van der Waals surface area (Å²) in [4.78, 5) is 5.03. The van der Waals surface area contributed by atoms with Gasteiger partial charge in [-0.3, -0.25) is 4.98 Å².